The topological polar surface area (TPSA) is 36.9 Å². The molecule has 0 aliphatic heterocycles. The second kappa shape index (κ2) is 18.9. The van der Waals surface area contributed by atoms with Gasteiger partial charge in [-0.25, -0.2) is 0 Å². The van der Waals surface area contributed by atoms with Gasteiger partial charge in [0.2, 0.25) is 11.4 Å². The summed E-state index contributed by atoms with van der Waals surface area (Å²) in [6.07, 6.45) is 0. The summed E-state index contributed by atoms with van der Waals surface area (Å²) in [6.45, 7) is 4.30. The summed E-state index contributed by atoms with van der Waals surface area (Å²) in [7, 11) is 6.46. The van der Waals surface area contributed by atoms with Crippen molar-refractivity contribution in [3.8, 4) is 0 Å². The molecular weight excluding hydrogens is 462 g/mol. The van der Waals surface area contributed by atoms with Crippen molar-refractivity contribution in [2.45, 2.75) is 13.8 Å². The van der Waals surface area contributed by atoms with Crippen LogP contribution in [0.15, 0.2) is 0 Å². The van der Waals surface area contributed by atoms with E-state index in [1.165, 1.54) is 0 Å². The Morgan fingerprint density at radius 1 is 0.625 bits per heavy atom. The summed E-state index contributed by atoms with van der Waals surface area (Å²) in [5, 5.41) is 0. The summed E-state index contributed by atoms with van der Waals surface area (Å²) in [6, 6.07) is 0. The lowest BCUT2D eigenvalue weighted by molar-refractivity contribution is 0.353. The zero-order valence-electron chi connectivity index (χ0n) is 15.2. The van der Waals surface area contributed by atoms with E-state index in [1.807, 2.05) is 23.5 Å². The fourth-order valence-corrected chi connectivity index (χ4v) is 9.64. The van der Waals surface area contributed by atoms with Crippen LogP contribution < -0.4 is 0 Å². The van der Waals surface area contributed by atoms with E-state index in [0.29, 0.717) is 0 Å². The van der Waals surface area contributed by atoms with Gasteiger partial charge in [-0.1, -0.05) is 36.6 Å². The third-order valence-corrected chi connectivity index (χ3v) is 16.2. The molecule has 0 rings (SSSR count). The molecule has 0 spiro atoms. The lowest BCUT2D eigenvalue weighted by atomic mass is 10.9. The van der Waals surface area contributed by atoms with Gasteiger partial charge < -0.3 is 18.1 Å². The van der Waals surface area contributed by atoms with Crippen molar-refractivity contribution in [2.24, 2.45) is 0 Å². The second-order valence-electron chi connectivity index (χ2n) is 3.69. The minimum absolute atomic E-state index is 1.01. The van der Waals surface area contributed by atoms with Crippen LogP contribution in [0.4, 0.5) is 0 Å². The summed E-state index contributed by atoms with van der Waals surface area (Å²) in [4.78, 5) is 0. The molecule has 0 saturated heterocycles. The molecule has 4 nitrogen and oxygen atoms in total. The Hall–Kier alpha value is 2.54. The molecule has 0 saturated carbocycles. The Labute approximate surface area is 175 Å². The highest BCUT2D eigenvalue weighted by Gasteiger charge is 2.15. The van der Waals surface area contributed by atoms with Gasteiger partial charge >= 0.3 is 0 Å². The molecule has 148 valence electrons. The molecule has 0 aromatic carbocycles. The minimum Gasteiger partial charge on any atom is -0.325 e. The summed E-state index contributed by atoms with van der Waals surface area (Å²) < 4.78 is 20.5. The largest absolute Gasteiger partial charge is 0.325 e. The fourth-order valence-electron chi connectivity index (χ4n) is 1.06. The van der Waals surface area contributed by atoms with Crippen molar-refractivity contribution < 1.29 is 18.1 Å². The van der Waals surface area contributed by atoms with Crippen LogP contribution in [0.1, 0.15) is 13.8 Å². The van der Waals surface area contributed by atoms with Crippen molar-refractivity contribution in [1.29, 1.82) is 0 Å². The maximum Gasteiger partial charge on any atom is 0.246 e. The van der Waals surface area contributed by atoms with Crippen LogP contribution in [0.5, 0.6) is 0 Å². The summed E-state index contributed by atoms with van der Waals surface area (Å²) >= 11 is 17.4. The molecule has 0 aliphatic carbocycles. The van der Waals surface area contributed by atoms with Crippen molar-refractivity contribution in [1.82, 2.24) is 0 Å². The summed E-state index contributed by atoms with van der Waals surface area (Å²) in [5.74, 6) is 6.57. The van der Waals surface area contributed by atoms with Gasteiger partial charge in [0, 0.05) is 51.5 Å². The first-order valence-corrected chi connectivity index (χ1v) is 18.0. The highest BCUT2D eigenvalue weighted by Crippen LogP contribution is 2.60. The first-order valence-electron chi connectivity index (χ1n) is 7.24. The minimum atomic E-state index is -1.98. The van der Waals surface area contributed by atoms with Gasteiger partial charge in [-0.15, -0.1) is 0 Å². The van der Waals surface area contributed by atoms with E-state index in [0.717, 1.165) is 34.5 Å². The third-order valence-electron chi connectivity index (χ3n) is 2.26. The van der Waals surface area contributed by atoms with E-state index in [9.17, 15) is 0 Å². The Balaban J connectivity index is 0. The van der Waals surface area contributed by atoms with Crippen LogP contribution in [-0.2, 0) is 41.7 Å². The van der Waals surface area contributed by atoms with Gasteiger partial charge in [-0.3, -0.25) is 0 Å². The molecule has 12 heteroatoms. The monoisotopic (exact) mass is 492 g/mol. The smallest absolute Gasteiger partial charge is 0.246 e. The summed E-state index contributed by atoms with van der Waals surface area (Å²) in [5.41, 5.74) is -3.97. The molecule has 0 atom stereocenters. The molecule has 0 amide bonds. The van der Waals surface area contributed by atoms with E-state index in [-0.39, 0.29) is 0 Å². The van der Waals surface area contributed by atoms with E-state index in [4.69, 9.17) is 41.7 Å². The molecule has 0 aliphatic rings. The first kappa shape index (κ1) is 28.7. The van der Waals surface area contributed by atoms with Gasteiger partial charge in [0.25, 0.3) is 0 Å². The van der Waals surface area contributed by atoms with Crippen LogP contribution in [0.2, 0.25) is 0 Å². The van der Waals surface area contributed by atoms with Crippen LogP contribution in [0.25, 0.3) is 0 Å². The molecule has 0 unspecified atom stereocenters. The quantitative estimate of drug-likeness (QED) is 0.213. The van der Waals surface area contributed by atoms with Gasteiger partial charge in [-0.05, 0) is 35.1 Å². The average Bonchev–Trinajstić information content (AvgIpc) is 2.62. The molecule has 0 bridgehead atoms. The number of hydrogen-bond donors (Lipinski definition) is 0. The zero-order chi connectivity index (χ0) is 18.9. The molecule has 24 heavy (non-hydrogen) atoms. The van der Waals surface area contributed by atoms with Crippen molar-refractivity contribution in [3.63, 3.8) is 0 Å². The highest BCUT2D eigenvalue weighted by molar-refractivity contribution is 8.68. The highest BCUT2D eigenvalue weighted by atomic mass is 32.9. The molecule has 0 heterocycles. The molecule has 0 N–H and O–H groups in total. The Bertz CT molecular complexity index is 325. The van der Waals surface area contributed by atoms with Crippen LogP contribution in [0.3, 0.4) is 0 Å². The van der Waals surface area contributed by atoms with Gasteiger partial charge in [0.05, 0.1) is 0 Å². The zero-order valence-corrected chi connectivity index (χ0v) is 21.9. The van der Waals surface area contributed by atoms with Crippen molar-refractivity contribution in [3.05, 3.63) is 0 Å². The maximum absolute atomic E-state index is 5.17. The number of thioether (sulfide) groups is 2. The molecule has 0 aromatic heterocycles. The average molecular weight is 493 g/mol. The third kappa shape index (κ3) is 16.7. The Morgan fingerprint density at radius 3 is 1.12 bits per heavy atom. The molecule has 0 aromatic rings. The lowest BCUT2D eigenvalue weighted by Crippen LogP contribution is -1.88. The molecular formula is C12H30O4P2S6. The van der Waals surface area contributed by atoms with Gasteiger partial charge in [-0.2, -0.15) is 23.5 Å². The maximum atomic E-state index is 5.17. The number of hydrogen-bond acceptors (Lipinski definition) is 10. The van der Waals surface area contributed by atoms with E-state index in [2.05, 4.69) is 13.8 Å². The van der Waals surface area contributed by atoms with E-state index in [1.54, 1.807) is 51.2 Å². The van der Waals surface area contributed by atoms with Crippen LogP contribution >= 0.6 is 57.7 Å². The second-order valence-corrected chi connectivity index (χ2v) is 19.8. The van der Waals surface area contributed by atoms with Gasteiger partial charge in [0.1, 0.15) is 0 Å². The lowest BCUT2D eigenvalue weighted by Gasteiger charge is -2.15. The van der Waals surface area contributed by atoms with Gasteiger partial charge in [0.15, 0.2) is 0 Å². The fraction of sp³-hybridized carbons (Fsp3) is 1.00. The Morgan fingerprint density at radius 2 is 0.917 bits per heavy atom. The number of rotatable bonds is 14. The predicted molar refractivity (Wildman–Crippen MR) is 128 cm³/mol. The first-order chi connectivity index (χ1) is 11.4. The standard InChI is InChI=1S/2C6H15O2PS3/c2*1-4-11-5-6-12-9(10,7-2)8-3/h2*4-6H2,1-3H3. The molecule has 0 radical (unpaired) electrons. The Kier molecular flexibility index (Phi) is 22.6. The SMILES string of the molecule is CCSCCSP(=S)(OC)OC.CCSCCSP(=S)(OC)OC. The van der Waals surface area contributed by atoms with Crippen molar-refractivity contribution in [2.75, 3.05) is 63.0 Å². The van der Waals surface area contributed by atoms with E-state index >= 15 is 0 Å². The van der Waals surface area contributed by atoms with Crippen molar-refractivity contribution >= 4 is 81.3 Å². The molecule has 0 fully saturated rings. The van der Waals surface area contributed by atoms with E-state index < -0.39 is 11.4 Å². The normalized spacial score (nSPS) is 11.9. The predicted octanol–water partition coefficient (Wildman–Crippen LogP) is 5.98. The van der Waals surface area contributed by atoms with Crippen LogP contribution in [0, 0.1) is 0 Å². The van der Waals surface area contributed by atoms with Crippen LogP contribution in [-0.4, -0.2) is 63.0 Å².